The van der Waals surface area contributed by atoms with Gasteiger partial charge in [0.15, 0.2) is 0 Å². The van der Waals surface area contributed by atoms with Crippen molar-refractivity contribution in [3.63, 3.8) is 0 Å². The summed E-state index contributed by atoms with van der Waals surface area (Å²) in [5.74, 6) is -5.40. The molecule has 52 heavy (non-hydrogen) atoms. The van der Waals surface area contributed by atoms with Gasteiger partial charge in [-0.3, -0.25) is 28.8 Å². The molecule has 300 valence electrons. The number of aliphatic hydroxyl groups excluding tert-OH is 2. The van der Waals surface area contributed by atoms with Gasteiger partial charge in [-0.15, -0.1) is 0 Å². The van der Waals surface area contributed by atoms with Crippen LogP contribution in [0, 0.1) is 23.7 Å². The van der Waals surface area contributed by atoms with E-state index in [0.29, 0.717) is 19.3 Å². The Balaban J connectivity index is 3.20. The zero-order valence-corrected chi connectivity index (χ0v) is 32.6. The van der Waals surface area contributed by atoms with Crippen molar-refractivity contribution in [3.05, 3.63) is 0 Å². The van der Waals surface area contributed by atoms with Crippen LogP contribution in [0.5, 0.6) is 0 Å². The number of nitrogens with two attached hydrogens (primary N) is 1. The number of nitrogens with one attached hydrogen (secondary N) is 3. The molecule has 1 rings (SSSR count). The van der Waals surface area contributed by atoms with E-state index < -0.39 is 84.7 Å². The van der Waals surface area contributed by atoms with Crippen molar-refractivity contribution in [2.45, 2.75) is 155 Å². The van der Waals surface area contributed by atoms with E-state index in [1.54, 1.807) is 6.92 Å². The number of ether oxygens (including phenoxy) is 1. The minimum Gasteiger partial charge on any atom is -0.460 e. The molecule has 0 heterocycles. The number of esters is 1. The fourth-order valence-electron chi connectivity index (χ4n) is 6.62. The summed E-state index contributed by atoms with van der Waals surface area (Å²) in [5.41, 5.74) is 5.35. The maximum atomic E-state index is 14.1. The van der Waals surface area contributed by atoms with E-state index in [2.05, 4.69) is 22.9 Å². The summed E-state index contributed by atoms with van der Waals surface area (Å²) >= 11 is 0. The third-order valence-corrected chi connectivity index (χ3v) is 10.1. The fraction of sp³-hybridized carbons (Fsp3) is 0.842. The molecule has 1 aliphatic carbocycles. The number of likely N-dealkylation sites (N-methyl/N-ethyl adjacent to an activating group) is 1. The summed E-state index contributed by atoms with van der Waals surface area (Å²) in [6.45, 7) is 7.74. The maximum absolute atomic E-state index is 14.1. The highest BCUT2D eigenvalue weighted by molar-refractivity contribution is 5.94. The Morgan fingerprint density at radius 3 is 1.94 bits per heavy atom. The lowest BCUT2D eigenvalue weighted by molar-refractivity contribution is -0.158. The van der Waals surface area contributed by atoms with E-state index in [9.17, 15) is 39.0 Å². The van der Waals surface area contributed by atoms with Crippen molar-refractivity contribution in [2.75, 3.05) is 26.8 Å². The summed E-state index contributed by atoms with van der Waals surface area (Å²) in [6.07, 6.45) is 12.5. The molecule has 0 unspecified atom stereocenters. The normalized spacial score (nSPS) is 16.9. The summed E-state index contributed by atoms with van der Waals surface area (Å²) in [6, 6.07) is -3.27. The minimum atomic E-state index is -1.31. The zero-order valence-electron chi connectivity index (χ0n) is 32.6. The van der Waals surface area contributed by atoms with Gasteiger partial charge < -0.3 is 41.5 Å². The van der Waals surface area contributed by atoms with Crippen LogP contribution in [-0.2, 0) is 33.5 Å². The SMILES string of the molecule is CCCCCCCCCC[C@@H](OC(=O)CNC(=O)[C@@H](C)CO)[C@@H](C)C(=O)N(C)[C@@H](CC(C)C)C(=O)N[C@H](C(=O)N[C@@H](CO)C(N)=O)C1CCCCC1. The monoisotopic (exact) mass is 740 g/mol. The molecule has 0 bridgehead atoms. The van der Waals surface area contributed by atoms with Crippen molar-refractivity contribution in [2.24, 2.45) is 29.4 Å². The lowest BCUT2D eigenvalue weighted by Gasteiger charge is -2.35. The standard InChI is InChI=1S/C38H69N5O9/c1-7-8-9-10-11-12-13-17-20-31(52-32(46)22-40-35(48)26(4)23-44)27(5)38(51)43(6)30(21-25(2)3)36(49)42-33(28-18-15-14-16-19-28)37(50)41-29(24-45)34(39)47/h25-31,33,44-45H,7-24H2,1-6H3,(H2,39,47)(H,40,48)(H,41,50)(H,42,49)/t26-,27+,29-,30-,31+,33-/m0/s1. The lowest BCUT2D eigenvalue weighted by Crippen LogP contribution is -2.60. The molecule has 0 radical (unpaired) electrons. The molecule has 1 fully saturated rings. The Labute approximate surface area is 311 Å². The Hall–Kier alpha value is -3.26. The molecule has 0 saturated heterocycles. The van der Waals surface area contributed by atoms with Crippen LogP contribution in [0.4, 0.5) is 0 Å². The Morgan fingerprint density at radius 2 is 1.40 bits per heavy atom. The number of hydrogen-bond acceptors (Lipinski definition) is 9. The van der Waals surface area contributed by atoms with Gasteiger partial charge >= 0.3 is 5.97 Å². The second-order valence-corrected chi connectivity index (χ2v) is 15.0. The molecule has 0 spiro atoms. The van der Waals surface area contributed by atoms with Crippen LogP contribution in [0.1, 0.15) is 131 Å². The Bertz CT molecular complexity index is 1110. The molecule has 1 aliphatic rings. The van der Waals surface area contributed by atoms with Crippen LogP contribution in [0.3, 0.4) is 0 Å². The van der Waals surface area contributed by atoms with Crippen molar-refractivity contribution >= 4 is 35.5 Å². The van der Waals surface area contributed by atoms with Crippen molar-refractivity contribution in [3.8, 4) is 0 Å². The largest absolute Gasteiger partial charge is 0.460 e. The Kier molecular flexibility index (Phi) is 23.1. The van der Waals surface area contributed by atoms with Crippen LogP contribution >= 0.6 is 0 Å². The fourth-order valence-corrected chi connectivity index (χ4v) is 6.62. The first-order valence-electron chi connectivity index (χ1n) is 19.5. The summed E-state index contributed by atoms with van der Waals surface area (Å²) < 4.78 is 5.80. The highest BCUT2D eigenvalue weighted by Gasteiger charge is 2.38. The van der Waals surface area contributed by atoms with Crippen LogP contribution in [0.15, 0.2) is 0 Å². The molecule has 14 heteroatoms. The number of aliphatic hydroxyl groups is 2. The number of nitrogens with zero attached hydrogens (tertiary/aromatic N) is 1. The average Bonchev–Trinajstić information content (AvgIpc) is 3.13. The maximum Gasteiger partial charge on any atom is 0.325 e. The molecular weight excluding hydrogens is 670 g/mol. The third kappa shape index (κ3) is 17.0. The quantitative estimate of drug-likeness (QED) is 0.0567. The summed E-state index contributed by atoms with van der Waals surface area (Å²) in [7, 11) is 1.53. The molecule has 7 N–H and O–H groups in total. The molecule has 0 aromatic carbocycles. The number of hydrogen-bond donors (Lipinski definition) is 6. The van der Waals surface area contributed by atoms with Gasteiger partial charge in [-0.1, -0.05) is 98.8 Å². The number of unbranched alkanes of at least 4 members (excludes halogenated alkanes) is 7. The van der Waals surface area contributed by atoms with E-state index >= 15 is 0 Å². The molecule has 0 aromatic rings. The topological polar surface area (TPSA) is 217 Å². The highest BCUT2D eigenvalue weighted by Crippen LogP contribution is 2.28. The molecule has 5 amide bonds. The van der Waals surface area contributed by atoms with Crippen molar-refractivity contribution in [1.82, 2.24) is 20.9 Å². The van der Waals surface area contributed by atoms with Gasteiger partial charge in [-0.25, -0.2) is 0 Å². The van der Waals surface area contributed by atoms with Gasteiger partial charge in [0.25, 0.3) is 0 Å². The predicted octanol–water partition coefficient (Wildman–Crippen LogP) is 2.71. The van der Waals surface area contributed by atoms with E-state index in [0.717, 1.165) is 51.4 Å². The molecule has 14 nitrogen and oxygen atoms in total. The first-order valence-corrected chi connectivity index (χ1v) is 19.5. The van der Waals surface area contributed by atoms with Crippen molar-refractivity contribution < 1.29 is 43.7 Å². The number of primary amides is 1. The van der Waals surface area contributed by atoms with E-state index in [-0.39, 0.29) is 24.9 Å². The highest BCUT2D eigenvalue weighted by atomic mass is 16.5. The molecule has 1 saturated carbocycles. The molecule has 6 atom stereocenters. The van der Waals surface area contributed by atoms with Gasteiger partial charge in [0.1, 0.15) is 30.8 Å². The predicted molar refractivity (Wildman–Crippen MR) is 198 cm³/mol. The van der Waals surface area contributed by atoms with Crippen LogP contribution in [0.25, 0.3) is 0 Å². The second-order valence-electron chi connectivity index (χ2n) is 15.0. The molecular formula is C38H69N5O9. The van der Waals surface area contributed by atoms with Crippen LogP contribution in [-0.4, -0.2) is 102 Å². The smallest absolute Gasteiger partial charge is 0.325 e. The van der Waals surface area contributed by atoms with E-state index in [1.807, 2.05) is 13.8 Å². The van der Waals surface area contributed by atoms with E-state index in [4.69, 9.17) is 10.5 Å². The number of rotatable bonds is 26. The number of amides is 5. The van der Waals surface area contributed by atoms with Crippen LogP contribution in [0.2, 0.25) is 0 Å². The third-order valence-electron chi connectivity index (χ3n) is 10.1. The van der Waals surface area contributed by atoms with Gasteiger partial charge in [0, 0.05) is 7.05 Å². The lowest BCUT2D eigenvalue weighted by atomic mass is 9.83. The first-order chi connectivity index (χ1) is 24.7. The number of carbonyl (C=O) groups excluding carboxylic acids is 6. The Morgan fingerprint density at radius 1 is 0.808 bits per heavy atom. The molecule has 0 aliphatic heterocycles. The second kappa shape index (κ2) is 25.7. The zero-order chi connectivity index (χ0) is 39.2. The minimum absolute atomic E-state index is 0.00670. The van der Waals surface area contributed by atoms with Gasteiger partial charge in [-0.2, -0.15) is 0 Å². The summed E-state index contributed by atoms with van der Waals surface area (Å²) in [4.78, 5) is 79.8. The van der Waals surface area contributed by atoms with E-state index in [1.165, 1.54) is 38.1 Å². The molecule has 0 aromatic heterocycles. The van der Waals surface area contributed by atoms with Crippen LogP contribution < -0.4 is 21.7 Å². The first kappa shape index (κ1) is 46.8. The summed E-state index contributed by atoms with van der Waals surface area (Å²) in [5, 5.41) is 26.7. The van der Waals surface area contributed by atoms with Gasteiger partial charge in [-0.05, 0) is 43.9 Å². The van der Waals surface area contributed by atoms with Gasteiger partial charge in [0.05, 0.1) is 25.0 Å². The van der Waals surface area contributed by atoms with Gasteiger partial charge in [0.2, 0.25) is 29.5 Å². The van der Waals surface area contributed by atoms with Crippen molar-refractivity contribution in [1.29, 1.82) is 0 Å². The average molecular weight is 740 g/mol. The number of carbonyl (C=O) groups is 6.